The Hall–Kier alpha value is -3.68. The molecule has 28 heavy (non-hydrogen) atoms. The van der Waals surface area contributed by atoms with Crippen LogP contribution in [0.2, 0.25) is 0 Å². The summed E-state index contributed by atoms with van der Waals surface area (Å²) in [7, 11) is 1.55. The molecule has 0 atom stereocenters. The summed E-state index contributed by atoms with van der Waals surface area (Å²) in [6.45, 7) is -0.0588. The Morgan fingerprint density at radius 2 is 1.46 bits per heavy atom. The number of ether oxygens (including phenoxy) is 2. The monoisotopic (exact) mass is 381 g/mol. The minimum Gasteiger partial charge on any atom is -0.444 e. The largest absolute Gasteiger partial charge is 0.444 e. The molecule has 1 saturated heterocycles. The number of aliphatic imine (C=N–C) groups is 1. The van der Waals surface area contributed by atoms with E-state index in [1.54, 1.807) is 31.3 Å². The van der Waals surface area contributed by atoms with Crippen molar-refractivity contribution in [2.75, 3.05) is 13.6 Å². The smallest absolute Gasteiger partial charge is 0.437 e. The van der Waals surface area contributed by atoms with E-state index in [0.717, 1.165) is 16.0 Å². The number of hydrogen-bond donors (Lipinski definition) is 0. The molecule has 1 fully saturated rings. The first-order valence-electron chi connectivity index (χ1n) is 8.59. The summed E-state index contributed by atoms with van der Waals surface area (Å²) in [5, 5.41) is 0. The van der Waals surface area contributed by atoms with Crippen molar-refractivity contribution in [1.82, 2.24) is 9.80 Å². The van der Waals surface area contributed by atoms with E-state index in [-0.39, 0.29) is 25.7 Å². The van der Waals surface area contributed by atoms with Crippen LogP contribution in [0.3, 0.4) is 0 Å². The standard InChI is InChI=1S/C20H19N3O5/c1-22-12-17(24)23(20(26)28-14-16-10-6-3-7-11-16)18(22)21-19(25)27-13-15-8-4-2-5-9-15/h2-11H,12-14H2,1H3/b21-18+. The molecule has 0 aromatic heterocycles. The highest BCUT2D eigenvalue weighted by Crippen LogP contribution is 2.13. The van der Waals surface area contributed by atoms with E-state index in [2.05, 4.69) is 4.99 Å². The molecule has 3 amide bonds. The van der Waals surface area contributed by atoms with Gasteiger partial charge in [0.25, 0.3) is 5.91 Å². The fraction of sp³-hybridized carbons (Fsp3) is 0.200. The first-order valence-corrected chi connectivity index (χ1v) is 8.59. The minimum atomic E-state index is -0.902. The molecule has 0 N–H and O–H groups in total. The van der Waals surface area contributed by atoms with Crippen molar-refractivity contribution in [2.24, 2.45) is 4.99 Å². The molecule has 1 heterocycles. The van der Waals surface area contributed by atoms with Crippen molar-refractivity contribution < 1.29 is 23.9 Å². The number of nitrogens with zero attached hydrogens (tertiary/aromatic N) is 3. The van der Waals surface area contributed by atoms with Gasteiger partial charge in [0.2, 0.25) is 5.96 Å². The maximum Gasteiger partial charge on any atom is 0.437 e. The predicted octanol–water partition coefficient (Wildman–Crippen LogP) is 2.79. The average molecular weight is 381 g/mol. The quantitative estimate of drug-likeness (QED) is 0.809. The summed E-state index contributed by atoms with van der Waals surface area (Å²) in [5.41, 5.74) is 1.57. The van der Waals surface area contributed by atoms with Crippen molar-refractivity contribution >= 4 is 24.1 Å². The molecule has 2 aromatic carbocycles. The van der Waals surface area contributed by atoms with Gasteiger partial charge < -0.3 is 14.4 Å². The number of benzene rings is 2. The second kappa shape index (κ2) is 8.81. The van der Waals surface area contributed by atoms with Crippen LogP contribution in [0.25, 0.3) is 0 Å². The molecule has 8 nitrogen and oxygen atoms in total. The van der Waals surface area contributed by atoms with Crippen LogP contribution in [-0.2, 0) is 27.5 Å². The third kappa shape index (κ3) is 4.73. The Bertz CT molecular complexity index is 883. The number of imide groups is 1. The van der Waals surface area contributed by atoms with Crippen LogP contribution in [0.4, 0.5) is 9.59 Å². The molecule has 1 aliphatic heterocycles. The molecule has 3 rings (SSSR count). The fourth-order valence-electron chi connectivity index (χ4n) is 2.56. The number of rotatable bonds is 4. The molecule has 0 radical (unpaired) electrons. The van der Waals surface area contributed by atoms with E-state index in [9.17, 15) is 14.4 Å². The lowest BCUT2D eigenvalue weighted by atomic mass is 10.2. The fourth-order valence-corrected chi connectivity index (χ4v) is 2.56. The predicted molar refractivity (Wildman–Crippen MR) is 100 cm³/mol. The summed E-state index contributed by atoms with van der Waals surface area (Å²) in [6, 6.07) is 18.2. The zero-order chi connectivity index (χ0) is 19.9. The molecular formula is C20H19N3O5. The van der Waals surface area contributed by atoms with Crippen LogP contribution in [0, 0.1) is 0 Å². The van der Waals surface area contributed by atoms with Crippen molar-refractivity contribution in [2.45, 2.75) is 13.2 Å². The first-order chi connectivity index (χ1) is 13.5. The van der Waals surface area contributed by atoms with Gasteiger partial charge in [-0.1, -0.05) is 60.7 Å². The Morgan fingerprint density at radius 3 is 2.04 bits per heavy atom. The minimum absolute atomic E-state index is 0.00109. The summed E-state index contributed by atoms with van der Waals surface area (Å²) in [4.78, 5) is 42.5. The van der Waals surface area contributed by atoms with Crippen LogP contribution < -0.4 is 0 Å². The van der Waals surface area contributed by atoms with Gasteiger partial charge in [-0.05, 0) is 11.1 Å². The van der Waals surface area contributed by atoms with Crippen LogP contribution in [0.5, 0.6) is 0 Å². The second-order valence-corrected chi connectivity index (χ2v) is 6.08. The average Bonchev–Trinajstić information content (AvgIpc) is 2.99. The van der Waals surface area contributed by atoms with E-state index >= 15 is 0 Å². The molecule has 0 saturated carbocycles. The van der Waals surface area contributed by atoms with Crippen molar-refractivity contribution in [3.8, 4) is 0 Å². The maximum absolute atomic E-state index is 12.4. The van der Waals surface area contributed by atoms with Crippen LogP contribution in [-0.4, -0.2) is 47.4 Å². The highest BCUT2D eigenvalue weighted by atomic mass is 16.6. The summed E-state index contributed by atoms with van der Waals surface area (Å²) >= 11 is 0. The molecule has 0 unspecified atom stereocenters. The SMILES string of the molecule is CN1CC(=O)N(C(=O)OCc2ccccc2)/C1=N/C(=O)OCc1ccccc1. The molecule has 1 aliphatic rings. The Morgan fingerprint density at radius 1 is 0.929 bits per heavy atom. The summed E-state index contributed by atoms with van der Waals surface area (Å²) in [5.74, 6) is -0.656. The van der Waals surface area contributed by atoms with Gasteiger partial charge in [0, 0.05) is 7.05 Å². The molecule has 0 bridgehead atoms. The molecule has 144 valence electrons. The third-order valence-electron chi connectivity index (χ3n) is 3.95. The van der Waals surface area contributed by atoms with E-state index < -0.39 is 18.1 Å². The number of amides is 3. The second-order valence-electron chi connectivity index (χ2n) is 6.08. The van der Waals surface area contributed by atoms with Crippen LogP contribution in [0.15, 0.2) is 65.7 Å². The number of carbonyl (C=O) groups is 3. The Labute approximate surface area is 162 Å². The summed E-state index contributed by atoms with van der Waals surface area (Å²) in [6.07, 6.45) is -1.80. The lowest BCUT2D eigenvalue weighted by Crippen LogP contribution is -2.39. The molecule has 2 aromatic rings. The highest BCUT2D eigenvalue weighted by molar-refractivity contribution is 6.16. The third-order valence-corrected chi connectivity index (χ3v) is 3.95. The van der Waals surface area contributed by atoms with Crippen molar-refractivity contribution in [3.05, 3.63) is 71.8 Å². The Kier molecular flexibility index (Phi) is 6.01. The topological polar surface area (TPSA) is 88.5 Å². The van der Waals surface area contributed by atoms with Gasteiger partial charge in [0.05, 0.1) is 0 Å². The zero-order valence-electron chi connectivity index (χ0n) is 15.3. The van der Waals surface area contributed by atoms with Crippen LogP contribution in [0.1, 0.15) is 11.1 Å². The van der Waals surface area contributed by atoms with Crippen molar-refractivity contribution in [1.29, 1.82) is 0 Å². The lowest BCUT2D eigenvalue weighted by Gasteiger charge is -2.16. The zero-order valence-corrected chi connectivity index (χ0v) is 15.3. The van der Waals surface area contributed by atoms with Gasteiger partial charge in [-0.2, -0.15) is 4.90 Å². The van der Waals surface area contributed by atoms with E-state index in [1.807, 2.05) is 36.4 Å². The molecule has 0 aliphatic carbocycles. The van der Waals surface area contributed by atoms with Crippen molar-refractivity contribution in [3.63, 3.8) is 0 Å². The van der Waals surface area contributed by atoms with Gasteiger partial charge in [-0.25, -0.2) is 9.59 Å². The highest BCUT2D eigenvalue weighted by Gasteiger charge is 2.38. The van der Waals surface area contributed by atoms with E-state index in [1.165, 1.54) is 4.90 Å². The number of likely N-dealkylation sites (N-methyl/N-ethyl adjacent to an activating group) is 1. The van der Waals surface area contributed by atoms with Gasteiger partial charge in [0.15, 0.2) is 0 Å². The number of guanidine groups is 1. The molecular weight excluding hydrogens is 362 g/mol. The van der Waals surface area contributed by atoms with Gasteiger partial charge >= 0.3 is 12.2 Å². The van der Waals surface area contributed by atoms with E-state index in [4.69, 9.17) is 9.47 Å². The van der Waals surface area contributed by atoms with Crippen LogP contribution >= 0.6 is 0 Å². The number of hydrogen-bond acceptors (Lipinski definition) is 5. The molecule has 0 spiro atoms. The Balaban J connectivity index is 1.65. The first kappa shape index (κ1) is 19.1. The van der Waals surface area contributed by atoms with E-state index in [0.29, 0.717) is 0 Å². The van der Waals surface area contributed by atoms with Gasteiger partial charge in [0.1, 0.15) is 19.8 Å². The lowest BCUT2D eigenvalue weighted by molar-refractivity contribution is -0.124. The maximum atomic E-state index is 12.4. The number of carbonyl (C=O) groups excluding carboxylic acids is 3. The normalized spacial score (nSPS) is 15.0. The van der Waals surface area contributed by atoms with Gasteiger partial charge in [-0.3, -0.25) is 4.79 Å². The molecule has 8 heteroatoms. The summed E-state index contributed by atoms with van der Waals surface area (Å²) < 4.78 is 10.3. The van der Waals surface area contributed by atoms with Gasteiger partial charge in [-0.15, -0.1) is 4.99 Å².